The third-order valence-corrected chi connectivity index (χ3v) is 5.52. The molecule has 4 heterocycles. The number of hydrogen-bond donors (Lipinski definition) is 3. The van der Waals surface area contributed by atoms with Crippen LogP contribution in [0, 0.1) is 0 Å². The molecule has 0 aromatic heterocycles. The third kappa shape index (κ3) is 3.71. The molecule has 10 nitrogen and oxygen atoms in total. The molecule has 10 atom stereocenters. The Hall–Kier alpha value is -0.400. The van der Waals surface area contributed by atoms with Crippen molar-refractivity contribution in [2.24, 2.45) is 0 Å². The first kappa shape index (κ1) is 20.9. The fourth-order valence-corrected chi connectivity index (χ4v) is 4.12. The minimum Gasteiger partial charge on any atom is -0.388 e. The number of hydrogen-bond acceptors (Lipinski definition) is 10. The first-order valence-electron chi connectivity index (χ1n) is 9.65. The van der Waals surface area contributed by atoms with Gasteiger partial charge in [-0.1, -0.05) is 0 Å². The highest BCUT2D eigenvalue weighted by Gasteiger charge is 2.60. The van der Waals surface area contributed by atoms with E-state index in [1.807, 2.05) is 13.8 Å². The Labute approximate surface area is 163 Å². The molecular formula is C18H30O10. The van der Waals surface area contributed by atoms with Crippen molar-refractivity contribution in [3.63, 3.8) is 0 Å². The summed E-state index contributed by atoms with van der Waals surface area (Å²) in [6.45, 7) is 9.05. The normalized spacial score (nSPS) is 52.7. The molecule has 0 radical (unpaired) electrons. The van der Waals surface area contributed by atoms with E-state index in [0.717, 1.165) is 0 Å². The van der Waals surface area contributed by atoms with Gasteiger partial charge in [0.25, 0.3) is 0 Å². The molecule has 4 fully saturated rings. The number of rotatable bonds is 3. The smallest absolute Gasteiger partial charge is 0.190 e. The number of aliphatic hydroxyl groups is 3. The molecule has 162 valence electrons. The number of ether oxygens (including phenoxy) is 7. The van der Waals surface area contributed by atoms with Crippen LogP contribution in [0.5, 0.6) is 0 Å². The van der Waals surface area contributed by atoms with Crippen LogP contribution in [0.15, 0.2) is 0 Å². The summed E-state index contributed by atoms with van der Waals surface area (Å²) in [6.07, 6.45) is -8.93. The second-order valence-electron chi connectivity index (χ2n) is 8.72. The molecule has 10 heteroatoms. The van der Waals surface area contributed by atoms with Gasteiger partial charge in [-0.2, -0.15) is 0 Å². The maximum Gasteiger partial charge on any atom is 0.190 e. The lowest BCUT2D eigenvalue weighted by Crippen LogP contribution is -2.59. The lowest BCUT2D eigenvalue weighted by atomic mass is 9.99. The van der Waals surface area contributed by atoms with Gasteiger partial charge in [0.05, 0.1) is 12.7 Å². The van der Waals surface area contributed by atoms with Gasteiger partial charge in [-0.05, 0) is 34.6 Å². The van der Waals surface area contributed by atoms with E-state index in [-0.39, 0.29) is 0 Å². The van der Waals surface area contributed by atoms with Gasteiger partial charge in [0.2, 0.25) is 0 Å². The second kappa shape index (κ2) is 7.09. The van der Waals surface area contributed by atoms with Gasteiger partial charge in [-0.3, -0.25) is 0 Å². The third-order valence-electron chi connectivity index (χ3n) is 5.52. The first-order valence-corrected chi connectivity index (χ1v) is 9.65. The van der Waals surface area contributed by atoms with Gasteiger partial charge >= 0.3 is 0 Å². The molecule has 0 unspecified atom stereocenters. The van der Waals surface area contributed by atoms with Crippen LogP contribution in [0.4, 0.5) is 0 Å². The lowest BCUT2D eigenvalue weighted by Gasteiger charge is -2.41. The highest BCUT2D eigenvalue weighted by atomic mass is 16.9. The zero-order valence-electron chi connectivity index (χ0n) is 16.7. The van der Waals surface area contributed by atoms with Crippen molar-refractivity contribution in [1.82, 2.24) is 0 Å². The largest absolute Gasteiger partial charge is 0.388 e. The molecule has 4 aliphatic heterocycles. The van der Waals surface area contributed by atoms with Crippen LogP contribution >= 0.6 is 0 Å². The molecular weight excluding hydrogens is 376 g/mol. The first-order chi connectivity index (χ1) is 13.0. The minimum atomic E-state index is -1.43. The molecule has 4 saturated heterocycles. The van der Waals surface area contributed by atoms with Crippen LogP contribution in [-0.2, 0) is 33.2 Å². The summed E-state index contributed by atoms with van der Waals surface area (Å²) in [7, 11) is 0. The summed E-state index contributed by atoms with van der Waals surface area (Å²) in [5.74, 6) is -1.61. The van der Waals surface area contributed by atoms with E-state index in [1.165, 1.54) is 0 Å². The molecule has 4 rings (SSSR count). The zero-order valence-corrected chi connectivity index (χ0v) is 16.7. The lowest BCUT2D eigenvalue weighted by molar-refractivity contribution is -0.319. The molecule has 0 aliphatic carbocycles. The number of aliphatic hydroxyl groups excluding tert-OH is 3. The maximum absolute atomic E-state index is 10.3. The van der Waals surface area contributed by atoms with Crippen LogP contribution in [0.3, 0.4) is 0 Å². The minimum absolute atomic E-state index is 0.298. The van der Waals surface area contributed by atoms with Gasteiger partial charge in [-0.15, -0.1) is 0 Å². The fraction of sp³-hybridized carbons (Fsp3) is 1.00. The van der Waals surface area contributed by atoms with E-state index in [2.05, 4.69) is 0 Å². The summed E-state index contributed by atoms with van der Waals surface area (Å²) < 4.78 is 41.0. The average Bonchev–Trinajstić information content (AvgIpc) is 3.20. The van der Waals surface area contributed by atoms with E-state index in [4.69, 9.17) is 33.2 Å². The van der Waals surface area contributed by atoms with Crippen molar-refractivity contribution in [3.8, 4) is 0 Å². The van der Waals surface area contributed by atoms with Crippen molar-refractivity contribution >= 4 is 0 Å². The van der Waals surface area contributed by atoms with Crippen molar-refractivity contribution in [2.75, 3.05) is 6.61 Å². The second-order valence-corrected chi connectivity index (χ2v) is 8.72. The molecule has 4 aliphatic rings. The van der Waals surface area contributed by atoms with Crippen molar-refractivity contribution in [1.29, 1.82) is 0 Å². The highest BCUT2D eigenvalue weighted by Crippen LogP contribution is 2.43. The summed E-state index contributed by atoms with van der Waals surface area (Å²) in [5.41, 5.74) is 0. The van der Waals surface area contributed by atoms with Crippen LogP contribution in [0.25, 0.3) is 0 Å². The predicted octanol–water partition coefficient (Wildman–Crippen LogP) is -0.773. The zero-order chi connectivity index (χ0) is 20.4. The van der Waals surface area contributed by atoms with Crippen LogP contribution in [0.2, 0.25) is 0 Å². The maximum atomic E-state index is 10.3. The van der Waals surface area contributed by atoms with Gasteiger partial charge in [0.1, 0.15) is 42.7 Å². The Bertz CT molecular complexity index is 583. The molecule has 0 aromatic carbocycles. The van der Waals surface area contributed by atoms with Crippen LogP contribution in [0.1, 0.15) is 34.6 Å². The van der Waals surface area contributed by atoms with Gasteiger partial charge in [0.15, 0.2) is 24.2 Å². The Morgan fingerprint density at radius 3 is 2.18 bits per heavy atom. The van der Waals surface area contributed by atoms with E-state index in [9.17, 15) is 15.3 Å². The Balaban J connectivity index is 1.54. The van der Waals surface area contributed by atoms with E-state index in [0.29, 0.717) is 6.61 Å². The van der Waals surface area contributed by atoms with Crippen molar-refractivity contribution in [3.05, 3.63) is 0 Å². The summed E-state index contributed by atoms with van der Waals surface area (Å²) in [4.78, 5) is 0. The molecule has 0 bridgehead atoms. The van der Waals surface area contributed by atoms with Crippen molar-refractivity contribution in [2.45, 2.75) is 108 Å². The molecule has 0 saturated carbocycles. The molecule has 3 N–H and O–H groups in total. The van der Waals surface area contributed by atoms with Crippen LogP contribution in [-0.4, -0.2) is 94.9 Å². The standard InChI is InChI=1S/C18H30O10/c1-7-9(19)10(20)11(21)15(23-7)25-13-12(8-6-22-17(2,3)26-8)24-16-14(13)27-18(4,5)28-16/h7-16,19-21H,6H2,1-5H3/t7-,8+,9-,10+,11+,12+,13-,14+,15+,16+/m0/s1. The average molecular weight is 406 g/mol. The quantitative estimate of drug-likeness (QED) is 0.550. The number of fused-ring (bicyclic) bond motifs is 1. The highest BCUT2D eigenvalue weighted by molar-refractivity contribution is 5.00. The van der Waals surface area contributed by atoms with Gasteiger partial charge in [0, 0.05) is 0 Å². The Morgan fingerprint density at radius 1 is 0.821 bits per heavy atom. The summed E-state index contributed by atoms with van der Waals surface area (Å²) in [6, 6.07) is 0. The molecule has 0 spiro atoms. The molecule has 0 amide bonds. The van der Waals surface area contributed by atoms with Gasteiger partial charge in [-0.25, -0.2) is 0 Å². The monoisotopic (exact) mass is 406 g/mol. The van der Waals surface area contributed by atoms with E-state index < -0.39 is 73.0 Å². The molecule has 0 aromatic rings. The van der Waals surface area contributed by atoms with Crippen LogP contribution < -0.4 is 0 Å². The molecule has 28 heavy (non-hydrogen) atoms. The van der Waals surface area contributed by atoms with Gasteiger partial charge < -0.3 is 48.5 Å². The summed E-state index contributed by atoms with van der Waals surface area (Å²) in [5, 5.41) is 30.3. The summed E-state index contributed by atoms with van der Waals surface area (Å²) >= 11 is 0. The fourth-order valence-electron chi connectivity index (χ4n) is 4.12. The van der Waals surface area contributed by atoms with E-state index >= 15 is 0 Å². The Morgan fingerprint density at radius 2 is 1.54 bits per heavy atom. The SMILES string of the molecule is C[C@@H]1O[C@H](O[C@@H]2[C@H]3OC(C)(C)O[C@H]3O[C@@H]2[C@H]2COC(C)(C)O2)[C@H](O)[C@H](O)[C@H]1O. The topological polar surface area (TPSA) is 125 Å². The van der Waals surface area contributed by atoms with Crippen molar-refractivity contribution < 1.29 is 48.5 Å². The van der Waals surface area contributed by atoms with E-state index in [1.54, 1.807) is 20.8 Å². The Kier molecular flexibility index (Phi) is 5.28. The predicted molar refractivity (Wildman–Crippen MR) is 90.8 cm³/mol.